The van der Waals surface area contributed by atoms with Gasteiger partial charge in [-0.1, -0.05) is 53.3 Å². The lowest BCUT2D eigenvalue weighted by molar-refractivity contribution is -0.146. The van der Waals surface area contributed by atoms with Crippen LogP contribution in [0.2, 0.25) is 20.1 Å². The number of carbonyl (C=O) groups is 2. The van der Waals surface area contributed by atoms with Crippen molar-refractivity contribution in [2.75, 3.05) is 6.61 Å². The van der Waals surface area contributed by atoms with E-state index in [0.29, 0.717) is 13.0 Å². The van der Waals surface area contributed by atoms with E-state index in [9.17, 15) is 9.59 Å². The van der Waals surface area contributed by atoms with Crippen LogP contribution in [0.15, 0.2) is 6.07 Å². The zero-order chi connectivity index (χ0) is 16.0. The van der Waals surface area contributed by atoms with Gasteiger partial charge in [-0.3, -0.25) is 9.59 Å². The van der Waals surface area contributed by atoms with Crippen LogP contribution in [0.1, 0.15) is 26.2 Å². The van der Waals surface area contributed by atoms with Gasteiger partial charge in [-0.15, -0.1) is 0 Å². The maximum atomic E-state index is 11.7. The predicted molar refractivity (Wildman–Crippen MR) is 82.6 cm³/mol. The van der Waals surface area contributed by atoms with Crippen LogP contribution in [-0.4, -0.2) is 18.5 Å². The molecule has 0 aromatic heterocycles. The third kappa shape index (κ3) is 5.55. The number of carbonyl (C=O) groups excluding carboxylic acids is 2. The molecular formula is C13H12Cl4O4. The van der Waals surface area contributed by atoms with Crippen molar-refractivity contribution in [3.63, 3.8) is 0 Å². The maximum absolute atomic E-state index is 11.7. The summed E-state index contributed by atoms with van der Waals surface area (Å²) >= 11 is 23.4. The smallest absolute Gasteiger partial charge is 0.311 e. The number of ether oxygens (including phenoxy) is 2. The SMILES string of the molecule is CCCOC(=O)CCC(=O)Oc1c(Cl)c(Cl)cc(Cl)c1Cl. The fraction of sp³-hybridized carbons (Fsp3) is 0.385. The Morgan fingerprint density at radius 3 is 2.05 bits per heavy atom. The summed E-state index contributed by atoms with van der Waals surface area (Å²) in [7, 11) is 0. The first-order valence-corrected chi connectivity index (χ1v) is 7.57. The van der Waals surface area contributed by atoms with E-state index >= 15 is 0 Å². The molecule has 0 saturated carbocycles. The fourth-order valence-electron chi connectivity index (χ4n) is 1.30. The molecule has 21 heavy (non-hydrogen) atoms. The molecule has 0 aliphatic carbocycles. The number of hydrogen-bond donors (Lipinski definition) is 0. The molecule has 0 amide bonds. The quantitative estimate of drug-likeness (QED) is 0.402. The van der Waals surface area contributed by atoms with Crippen molar-refractivity contribution in [2.45, 2.75) is 26.2 Å². The Morgan fingerprint density at radius 2 is 1.52 bits per heavy atom. The molecule has 4 nitrogen and oxygen atoms in total. The highest BCUT2D eigenvalue weighted by atomic mass is 35.5. The van der Waals surface area contributed by atoms with Crippen LogP contribution < -0.4 is 4.74 Å². The average Bonchev–Trinajstić information content (AvgIpc) is 2.45. The van der Waals surface area contributed by atoms with Gasteiger partial charge < -0.3 is 9.47 Å². The van der Waals surface area contributed by atoms with Gasteiger partial charge >= 0.3 is 11.9 Å². The molecule has 0 aliphatic heterocycles. The maximum Gasteiger partial charge on any atom is 0.311 e. The van der Waals surface area contributed by atoms with Gasteiger partial charge in [-0.25, -0.2) is 0 Å². The van der Waals surface area contributed by atoms with E-state index in [0.717, 1.165) is 0 Å². The topological polar surface area (TPSA) is 52.6 Å². The lowest BCUT2D eigenvalue weighted by atomic mass is 10.3. The predicted octanol–water partition coefficient (Wildman–Crippen LogP) is 4.94. The molecule has 0 saturated heterocycles. The van der Waals surface area contributed by atoms with Crippen LogP contribution in [-0.2, 0) is 14.3 Å². The molecule has 1 rings (SSSR count). The van der Waals surface area contributed by atoms with Crippen molar-refractivity contribution in [3.05, 3.63) is 26.2 Å². The van der Waals surface area contributed by atoms with E-state index in [1.165, 1.54) is 6.07 Å². The van der Waals surface area contributed by atoms with E-state index in [1.807, 2.05) is 6.92 Å². The van der Waals surface area contributed by atoms with E-state index in [4.69, 9.17) is 55.9 Å². The Bertz CT molecular complexity index is 519. The Morgan fingerprint density at radius 1 is 1.00 bits per heavy atom. The molecular weight excluding hydrogens is 362 g/mol. The van der Waals surface area contributed by atoms with Crippen molar-refractivity contribution in [1.82, 2.24) is 0 Å². The monoisotopic (exact) mass is 372 g/mol. The molecule has 0 fully saturated rings. The van der Waals surface area contributed by atoms with Crippen molar-refractivity contribution in [2.24, 2.45) is 0 Å². The fourth-order valence-corrected chi connectivity index (χ4v) is 2.17. The lowest BCUT2D eigenvalue weighted by Crippen LogP contribution is -2.13. The number of hydrogen-bond acceptors (Lipinski definition) is 4. The van der Waals surface area contributed by atoms with Crippen molar-refractivity contribution >= 4 is 58.3 Å². The highest BCUT2D eigenvalue weighted by Gasteiger charge is 2.19. The lowest BCUT2D eigenvalue weighted by Gasteiger charge is -2.10. The van der Waals surface area contributed by atoms with Crippen molar-refractivity contribution in [3.8, 4) is 5.75 Å². The van der Waals surface area contributed by atoms with Gasteiger partial charge in [-0.2, -0.15) is 0 Å². The second-order valence-corrected chi connectivity index (χ2v) is 5.56. The van der Waals surface area contributed by atoms with Gasteiger partial charge in [-0.05, 0) is 12.5 Å². The highest BCUT2D eigenvalue weighted by molar-refractivity contribution is 6.48. The van der Waals surface area contributed by atoms with Gasteiger partial charge in [0, 0.05) is 0 Å². The average molecular weight is 374 g/mol. The van der Waals surface area contributed by atoms with Gasteiger partial charge in [0.2, 0.25) is 0 Å². The second-order valence-electron chi connectivity index (χ2n) is 3.99. The molecule has 1 aromatic rings. The van der Waals surface area contributed by atoms with E-state index in [-0.39, 0.29) is 38.7 Å². The summed E-state index contributed by atoms with van der Waals surface area (Å²) in [6.45, 7) is 2.18. The van der Waals surface area contributed by atoms with E-state index in [2.05, 4.69) is 0 Å². The largest absolute Gasteiger partial charge is 0.466 e. The Balaban J connectivity index is 2.66. The first kappa shape index (κ1) is 18.4. The first-order chi connectivity index (χ1) is 9.86. The summed E-state index contributed by atoms with van der Waals surface area (Å²) in [4.78, 5) is 23.0. The molecule has 1 aromatic carbocycles. The summed E-state index contributed by atoms with van der Waals surface area (Å²) in [6.07, 6.45) is 0.449. The van der Waals surface area contributed by atoms with Crippen molar-refractivity contribution < 1.29 is 19.1 Å². The molecule has 0 N–H and O–H groups in total. The van der Waals surface area contributed by atoms with Crippen LogP contribution >= 0.6 is 46.4 Å². The number of benzene rings is 1. The highest BCUT2D eigenvalue weighted by Crippen LogP contribution is 2.42. The minimum atomic E-state index is -0.689. The Kier molecular flexibility index (Phi) is 7.60. The number of halogens is 4. The molecule has 116 valence electrons. The van der Waals surface area contributed by atoms with Gasteiger partial charge in [0.05, 0.1) is 29.5 Å². The van der Waals surface area contributed by atoms with Gasteiger partial charge in [0.15, 0.2) is 5.75 Å². The third-order valence-electron chi connectivity index (χ3n) is 2.29. The molecule has 0 aliphatic rings. The van der Waals surface area contributed by atoms with Crippen LogP contribution in [0.4, 0.5) is 0 Å². The number of rotatable bonds is 6. The van der Waals surface area contributed by atoms with Crippen molar-refractivity contribution in [1.29, 1.82) is 0 Å². The van der Waals surface area contributed by atoms with Crippen LogP contribution in [0.5, 0.6) is 5.75 Å². The van der Waals surface area contributed by atoms with Gasteiger partial charge in [0.25, 0.3) is 0 Å². The molecule has 0 bridgehead atoms. The summed E-state index contributed by atoms with van der Waals surface area (Å²) in [6, 6.07) is 1.34. The van der Waals surface area contributed by atoms with Crippen LogP contribution in [0.3, 0.4) is 0 Å². The summed E-state index contributed by atoms with van der Waals surface area (Å²) in [5, 5.41) is 0.174. The third-order valence-corrected chi connectivity index (χ3v) is 3.83. The minimum Gasteiger partial charge on any atom is -0.466 e. The molecule has 0 spiro atoms. The Hall–Kier alpha value is -0.680. The van der Waals surface area contributed by atoms with Gasteiger partial charge in [0.1, 0.15) is 10.0 Å². The Labute approximate surface area is 142 Å². The minimum absolute atomic E-state index is 0.0204. The molecule has 8 heteroatoms. The van der Waals surface area contributed by atoms with E-state index < -0.39 is 11.9 Å². The van der Waals surface area contributed by atoms with E-state index in [1.54, 1.807) is 0 Å². The molecule has 0 unspecified atom stereocenters. The van der Waals surface area contributed by atoms with Crippen LogP contribution in [0.25, 0.3) is 0 Å². The standard InChI is InChI=1S/C13H12Cl4O4/c1-2-5-20-9(18)3-4-10(19)21-13-11(16)7(14)6-8(15)12(13)17/h6H,2-5H2,1H3. The normalized spacial score (nSPS) is 10.3. The molecule has 0 atom stereocenters. The first-order valence-electron chi connectivity index (χ1n) is 6.06. The molecule has 0 heterocycles. The summed E-state index contributed by atoms with van der Waals surface area (Å²) < 4.78 is 9.85. The zero-order valence-corrected chi connectivity index (χ0v) is 14.1. The number of esters is 2. The second kappa shape index (κ2) is 8.69. The molecule has 0 radical (unpaired) electrons. The zero-order valence-electron chi connectivity index (χ0n) is 11.1. The van der Waals surface area contributed by atoms with Crippen LogP contribution in [0, 0.1) is 0 Å². The summed E-state index contributed by atoms with van der Waals surface area (Å²) in [5.41, 5.74) is 0. The summed E-state index contributed by atoms with van der Waals surface area (Å²) in [5.74, 6) is -1.29.